The Labute approximate surface area is 160 Å². The van der Waals surface area contributed by atoms with Crippen LogP contribution in [-0.4, -0.2) is 71.3 Å². The Morgan fingerprint density at radius 3 is 2.56 bits per heavy atom. The molecule has 7 nitrogen and oxygen atoms in total. The Morgan fingerprint density at radius 1 is 1.19 bits per heavy atom. The normalized spacial score (nSPS) is 15.3. The van der Waals surface area contributed by atoms with Gasteiger partial charge in [0.25, 0.3) is 5.91 Å². The van der Waals surface area contributed by atoms with Gasteiger partial charge in [-0.3, -0.25) is 18.9 Å². The van der Waals surface area contributed by atoms with Crippen LogP contribution in [0.25, 0.3) is 5.65 Å². The van der Waals surface area contributed by atoms with E-state index >= 15 is 0 Å². The molecule has 0 aromatic carbocycles. The number of rotatable bonds is 5. The molecule has 3 heterocycles. The van der Waals surface area contributed by atoms with E-state index in [4.69, 9.17) is 0 Å². The van der Waals surface area contributed by atoms with Gasteiger partial charge in [0.15, 0.2) is 0 Å². The second kappa shape index (κ2) is 8.08. The van der Waals surface area contributed by atoms with Crippen LogP contribution in [0.15, 0.2) is 18.3 Å². The Hall–Kier alpha value is -2.41. The monoisotopic (exact) mass is 371 g/mol. The summed E-state index contributed by atoms with van der Waals surface area (Å²) in [6, 6.07) is 3.68. The fraction of sp³-hybridized carbons (Fsp3) is 0.550. The Morgan fingerprint density at radius 2 is 1.89 bits per heavy atom. The van der Waals surface area contributed by atoms with Crippen LogP contribution < -0.4 is 4.90 Å². The van der Waals surface area contributed by atoms with E-state index in [0.29, 0.717) is 12.0 Å². The molecule has 3 rings (SSSR count). The van der Waals surface area contributed by atoms with Crippen LogP contribution in [-0.2, 0) is 4.79 Å². The van der Waals surface area contributed by atoms with E-state index in [0.717, 1.165) is 56.2 Å². The number of hydrogen-bond donors (Lipinski definition) is 0. The highest BCUT2D eigenvalue weighted by atomic mass is 16.2. The summed E-state index contributed by atoms with van der Waals surface area (Å²) in [6.45, 7) is 7.21. The molecule has 0 aliphatic carbocycles. The molecule has 27 heavy (non-hydrogen) atoms. The van der Waals surface area contributed by atoms with Gasteiger partial charge < -0.3 is 9.80 Å². The lowest BCUT2D eigenvalue weighted by atomic mass is 10.2. The number of carbonyl (C=O) groups excluding carboxylic acids is 2. The predicted octanol–water partition coefficient (Wildman–Crippen LogP) is 2.18. The Bertz CT molecular complexity index is 836. The quantitative estimate of drug-likeness (QED) is 0.808. The van der Waals surface area contributed by atoms with Gasteiger partial charge in [0.2, 0.25) is 5.91 Å². The molecule has 2 aromatic rings. The maximum atomic E-state index is 12.9. The first-order chi connectivity index (χ1) is 12.9. The lowest BCUT2D eigenvalue weighted by Crippen LogP contribution is -2.47. The lowest BCUT2D eigenvalue weighted by molar-refractivity contribution is -0.118. The van der Waals surface area contributed by atoms with Crippen molar-refractivity contribution in [1.82, 2.24) is 19.2 Å². The third kappa shape index (κ3) is 3.98. The summed E-state index contributed by atoms with van der Waals surface area (Å²) in [5, 5.41) is 0. The van der Waals surface area contributed by atoms with Crippen LogP contribution >= 0.6 is 0 Å². The summed E-state index contributed by atoms with van der Waals surface area (Å²) in [4.78, 5) is 35.7. The van der Waals surface area contributed by atoms with Crippen molar-refractivity contribution in [3.8, 4) is 0 Å². The van der Waals surface area contributed by atoms with Gasteiger partial charge in [-0.2, -0.15) is 0 Å². The molecule has 0 N–H and O–H groups in total. The zero-order valence-electron chi connectivity index (χ0n) is 16.7. The molecule has 0 atom stereocenters. The van der Waals surface area contributed by atoms with Gasteiger partial charge >= 0.3 is 0 Å². The van der Waals surface area contributed by atoms with Crippen molar-refractivity contribution in [1.29, 1.82) is 0 Å². The summed E-state index contributed by atoms with van der Waals surface area (Å²) in [5.74, 6) is 0.832. The van der Waals surface area contributed by atoms with E-state index in [1.165, 1.54) is 0 Å². The van der Waals surface area contributed by atoms with E-state index in [2.05, 4.69) is 23.9 Å². The molecule has 0 saturated carbocycles. The topological polar surface area (TPSA) is 61.2 Å². The van der Waals surface area contributed by atoms with Crippen LogP contribution in [0.3, 0.4) is 0 Å². The maximum Gasteiger partial charge on any atom is 0.255 e. The highest BCUT2D eigenvalue weighted by Crippen LogP contribution is 2.23. The van der Waals surface area contributed by atoms with E-state index in [1.807, 2.05) is 34.6 Å². The Balaban J connectivity index is 1.90. The minimum Gasteiger partial charge on any atom is -0.336 e. The predicted molar refractivity (Wildman–Crippen MR) is 106 cm³/mol. The lowest BCUT2D eigenvalue weighted by Gasteiger charge is -2.32. The Kier molecular flexibility index (Phi) is 5.79. The van der Waals surface area contributed by atoms with Crippen molar-refractivity contribution >= 4 is 23.3 Å². The van der Waals surface area contributed by atoms with E-state index < -0.39 is 0 Å². The number of amides is 2. The number of likely N-dealkylation sites (N-methyl/N-ethyl adjacent to an activating group) is 1. The molecule has 2 aromatic heterocycles. The van der Waals surface area contributed by atoms with E-state index in [9.17, 15) is 9.59 Å². The summed E-state index contributed by atoms with van der Waals surface area (Å²) >= 11 is 0. The first kappa shape index (κ1) is 19.4. The number of aromatic nitrogens is 2. The first-order valence-corrected chi connectivity index (χ1v) is 9.65. The average Bonchev–Trinajstić information content (AvgIpc) is 3.00. The molecule has 0 unspecified atom stereocenters. The van der Waals surface area contributed by atoms with Gasteiger partial charge in [0.05, 0.1) is 11.3 Å². The number of hydrogen-bond acceptors (Lipinski definition) is 4. The van der Waals surface area contributed by atoms with Gasteiger partial charge in [-0.25, -0.2) is 4.98 Å². The summed E-state index contributed by atoms with van der Waals surface area (Å²) < 4.78 is 1.86. The highest BCUT2D eigenvalue weighted by molar-refractivity contribution is 5.95. The van der Waals surface area contributed by atoms with Crippen LogP contribution in [0, 0.1) is 6.92 Å². The fourth-order valence-corrected chi connectivity index (χ4v) is 3.49. The molecule has 7 heteroatoms. The van der Waals surface area contributed by atoms with Crippen LogP contribution in [0.2, 0.25) is 0 Å². The van der Waals surface area contributed by atoms with Crippen molar-refractivity contribution in [3.63, 3.8) is 0 Å². The molecule has 0 spiro atoms. The number of fused-ring (bicyclic) bond motifs is 1. The largest absolute Gasteiger partial charge is 0.336 e. The van der Waals surface area contributed by atoms with Crippen molar-refractivity contribution in [2.24, 2.45) is 0 Å². The SMILES string of the molecule is CCCCC(=O)N(C)c1c(C)nc2ccc(C(=O)N3CCN(C)CC3)cn12. The third-order valence-corrected chi connectivity index (χ3v) is 5.23. The summed E-state index contributed by atoms with van der Waals surface area (Å²) in [5.41, 5.74) is 2.15. The number of nitrogens with zero attached hydrogens (tertiary/aromatic N) is 5. The van der Waals surface area contributed by atoms with Crippen LogP contribution in [0.1, 0.15) is 42.2 Å². The van der Waals surface area contributed by atoms with Gasteiger partial charge in [0.1, 0.15) is 11.5 Å². The molecule has 1 aliphatic rings. The average molecular weight is 371 g/mol. The second-order valence-electron chi connectivity index (χ2n) is 7.32. The molecule has 146 valence electrons. The van der Waals surface area contributed by atoms with Crippen LogP contribution in [0.5, 0.6) is 0 Å². The van der Waals surface area contributed by atoms with E-state index in [-0.39, 0.29) is 11.8 Å². The number of carbonyl (C=O) groups is 2. The maximum absolute atomic E-state index is 12.9. The molecule has 0 radical (unpaired) electrons. The summed E-state index contributed by atoms with van der Waals surface area (Å²) in [7, 11) is 3.85. The van der Waals surface area contributed by atoms with Crippen molar-refractivity contribution in [2.45, 2.75) is 33.1 Å². The minimum atomic E-state index is 0.0299. The molecular formula is C20H29N5O2. The standard InChI is InChI=1S/C20H29N5O2/c1-5-6-7-18(26)23(4)19-15(2)21-17-9-8-16(14-25(17)19)20(27)24-12-10-22(3)11-13-24/h8-9,14H,5-7,10-13H2,1-4H3. The number of pyridine rings is 1. The minimum absolute atomic E-state index is 0.0299. The zero-order chi connectivity index (χ0) is 19.6. The number of piperazine rings is 1. The van der Waals surface area contributed by atoms with Gasteiger partial charge in [0, 0.05) is 45.8 Å². The smallest absolute Gasteiger partial charge is 0.255 e. The number of unbranched alkanes of at least 4 members (excludes halogenated alkanes) is 1. The van der Waals surface area contributed by atoms with Crippen molar-refractivity contribution < 1.29 is 9.59 Å². The van der Waals surface area contributed by atoms with Gasteiger partial charge in [-0.1, -0.05) is 13.3 Å². The molecule has 2 amide bonds. The zero-order valence-corrected chi connectivity index (χ0v) is 16.7. The van der Waals surface area contributed by atoms with E-state index in [1.54, 1.807) is 11.9 Å². The number of imidazole rings is 1. The second-order valence-corrected chi connectivity index (χ2v) is 7.32. The number of anilines is 1. The van der Waals surface area contributed by atoms with Crippen molar-refractivity contribution in [2.75, 3.05) is 45.2 Å². The molecule has 0 bridgehead atoms. The third-order valence-electron chi connectivity index (χ3n) is 5.23. The highest BCUT2D eigenvalue weighted by Gasteiger charge is 2.23. The van der Waals surface area contributed by atoms with Gasteiger partial charge in [-0.05, 0) is 32.5 Å². The molecular weight excluding hydrogens is 342 g/mol. The summed E-state index contributed by atoms with van der Waals surface area (Å²) in [6.07, 6.45) is 4.18. The molecule has 1 aliphatic heterocycles. The van der Waals surface area contributed by atoms with Crippen molar-refractivity contribution in [3.05, 3.63) is 29.6 Å². The fourth-order valence-electron chi connectivity index (χ4n) is 3.49. The molecule has 1 saturated heterocycles. The molecule has 1 fully saturated rings. The first-order valence-electron chi connectivity index (χ1n) is 9.65. The number of aryl methyl sites for hydroxylation is 1. The van der Waals surface area contributed by atoms with Gasteiger partial charge in [-0.15, -0.1) is 0 Å². The van der Waals surface area contributed by atoms with Crippen LogP contribution in [0.4, 0.5) is 5.82 Å².